The van der Waals surface area contributed by atoms with Gasteiger partial charge in [0.2, 0.25) is 0 Å². The van der Waals surface area contributed by atoms with Gasteiger partial charge in [0.25, 0.3) is 0 Å². The number of anilines is 1. The zero-order valence-corrected chi connectivity index (χ0v) is 13.3. The fourth-order valence-electron chi connectivity index (χ4n) is 3.19. The highest BCUT2D eigenvalue weighted by Crippen LogP contribution is 2.15. The summed E-state index contributed by atoms with van der Waals surface area (Å²) in [7, 11) is 0. The van der Waals surface area contributed by atoms with Crippen molar-refractivity contribution < 1.29 is 0 Å². The first-order valence-corrected chi connectivity index (χ1v) is 8.48. The van der Waals surface area contributed by atoms with E-state index < -0.39 is 0 Å². The Bertz CT molecular complexity index is 532. The summed E-state index contributed by atoms with van der Waals surface area (Å²) >= 11 is 0. The summed E-state index contributed by atoms with van der Waals surface area (Å²) in [5.74, 6) is 0. The minimum absolute atomic E-state index is 1.09. The summed E-state index contributed by atoms with van der Waals surface area (Å²) < 4.78 is 0. The van der Waals surface area contributed by atoms with Crippen molar-refractivity contribution in [2.45, 2.75) is 19.3 Å². The van der Waals surface area contributed by atoms with E-state index in [1.54, 1.807) is 0 Å². The summed E-state index contributed by atoms with van der Waals surface area (Å²) in [5, 5.41) is 0. The molecule has 1 aliphatic rings. The molecule has 0 spiro atoms. The molecule has 1 saturated heterocycles. The maximum Gasteiger partial charge on any atom is 0.0366 e. The quantitative estimate of drug-likeness (QED) is 0.765. The minimum Gasteiger partial charge on any atom is -0.370 e. The Kier molecular flexibility index (Phi) is 5.49. The van der Waals surface area contributed by atoms with Gasteiger partial charge in [-0.1, -0.05) is 48.5 Å². The van der Waals surface area contributed by atoms with E-state index in [4.69, 9.17) is 0 Å². The molecule has 2 aromatic rings. The van der Waals surface area contributed by atoms with Gasteiger partial charge in [-0.05, 0) is 50.0 Å². The Balaban J connectivity index is 1.60. The van der Waals surface area contributed by atoms with E-state index >= 15 is 0 Å². The highest BCUT2D eigenvalue weighted by atomic mass is 15.2. The van der Waals surface area contributed by atoms with Crippen LogP contribution >= 0.6 is 0 Å². The Morgan fingerprint density at radius 2 is 1.41 bits per heavy atom. The zero-order valence-electron chi connectivity index (χ0n) is 13.3. The Morgan fingerprint density at radius 3 is 2.09 bits per heavy atom. The Morgan fingerprint density at radius 1 is 0.773 bits per heavy atom. The molecule has 0 bridgehead atoms. The Hall–Kier alpha value is -1.80. The molecule has 0 radical (unpaired) electrons. The normalized spacial score (nSPS) is 15.1. The van der Waals surface area contributed by atoms with Crippen LogP contribution in [0.5, 0.6) is 0 Å². The number of benzene rings is 2. The van der Waals surface area contributed by atoms with Gasteiger partial charge in [-0.2, -0.15) is 0 Å². The second-order valence-electron chi connectivity index (χ2n) is 6.11. The largest absolute Gasteiger partial charge is 0.370 e. The lowest BCUT2D eigenvalue weighted by molar-refractivity contribution is 0.344. The molecule has 0 aliphatic carbocycles. The van der Waals surface area contributed by atoms with Crippen LogP contribution in [0, 0.1) is 0 Å². The number of hydrogen-bond donors (Lipinski definition) is 0. The van der Waals surface area contributed by atoms with E-state index in [1.165, 1.54) is 43.7 Å². The average Bonchev–Trinajstić information content (AvgIpc) is 3.10. The van der Waals surface area contributed by atoms with Gasteiger partial charge in [0.15, 0.2) is 0 Å². The van der Waals surface area contributed by atoms with E-state index in [2.05, 4.69) is 70.5 Å². The molecule has 0 atom stereocenters. The summed E-state index contributed by atoms with van der Waals surface area (Å²) in [6.45, 7) is 5.95. The molecule has 1 fully saturated rings. The summed E-state index contributed by atoms with van der Waals surface area (Å²) in [4.78, 5) is 5.13. The van der Waals surface area contributed by atoms with E-state index in [0.29, 0.717) is 0 Å². The molecule has 2 heteroatoms. The van der Waals surface area contributed by atoms with Crippen molar-refractivity contribution in [2.24, 2.45) is 0 Å². The standard InChI is InChI=1S/C20H26N2/c1-3-9-19(10-4-1)13-16-22(20-11-5-2-6-12-20)18-17-21-14-7-8-15-21/h1-6,9-12H,7-8,13-18H2. The highest BCUT2D eigenvalue weighted by molar-refractivity contribution is 5.46. The molecule has 0 saturated carbocycles. The van der Waals surface area contributed by atoms with Crippen molar-refractivity contribution in [1.82, 2.24) is 4.90 Å². The van der Waals surface area contributed by atoms with Gasteiger partial charge in [-0.3, -0.25) is 0 Å². The molecule has 1 heterocycles. The lowest BCUT2D eigenvalue weighted by Gasteiger charge is -2.27. The molecule has 116 valence electrons. The molecule has 0 N–H and O–H groups in total. The summed E-state index contributed by atoms with van der Waals surface area (Å²) in [6.07, 6.45) is 3.85. The van der Waals surface area contributed by atoms with Crippen LogP contribution in [0.15, 0.2) is 60.7 Å². The highest BCUT2D eigenvalue weighted by Gasteiger charge is 2.13. The molecule has 0 unspecified atom stereocenters. The van der Waals surface area contributed by atoms with Gasteiger partial charge >= 0.3 is 0 Å². The topological polar surface area (TPSA) is 6.48 Å². The third-order valence-electron chi connectivity index (χ3n) is 4.52. The fourth-order valence-corrected chi connectivity index (χ4v) is 3.19. The first-order valence-electron chi connectivity index (χ1n) is 8.48. The fraction of sp³-hybridized carbons (Fsp3) is 0.400. The van der Waals surface area contributed by atoms with Crippen LogP contribution in [-0.2, 0) is 6.42 Å². The van der Waals surface area contributed by atoms with Crippen molar-refractivity contribution in [3.8, 4) is 0 Å². The number of para-hydroxylation sites is 1. The van der Waals surface area contributed by atoms with E-state index in [9.17, 15) is 0 Å². The molecular weight excluding hydrogens is 268 g/mol. The number of likely N-dealkylation sites (tertiary alicyclic amines) is 1. The summed E-state index contributed by atoms with van der Waals surface area (Å²) in [5.41, 5.74) is 2.77. The zero-order chi connectivity index (χ0) is 15.0. The molecule has 22 heavy (non-hydrogen) atoms. The maximum atomic E-state index is 2.60. The van der Waals surface area contributed by atoms with E-state index in [1.807, 2.05) is 0 Å². The SMILES string of the molecule is c1ccc(CCN(CCN2CCCC2)c2ccccc2)cc1. The van der Waals surface area contributed by atoms with Crippen LogP contribution in [0.1, 0.15) is 18.4 Å². The number of nitrogens with zero attached hydrogens (tertiary/aromatic N) is 2. The molecule has 2 aromatic carbocycles. The van der Waals surface area contributed by atoms with Gasteiger partial charge < -0.3 is 9.80 Å². The van der Waals surface area contributed by atoms with Crippen LogP contribution in [0.3, 0.4) is 0 Å². The van der Waals surface area contributed by atoms with Crippen LogP contribution in [-0.4, -0.2) is 37.6 Å². The van der Waals surface area contributed by atoms with Crippen molar-refractivity contribution in [3.63, 3.8) is 0 Å². The summed E-state index contributed by atoms with van der Waals surface area (Å²) in [6, 6.07) is 21.6. The van der Waals surface area contributed by atoms with Crippen LogP contribution in [0.4, 0.5) is 5.69 Å². The third-order valence-corrected chi connectivity index (χ3v) is 4.52. The van der Waals surface area contributed by atoms with Crippen LogP contribution in [0.25, 0.3) is 0 Å². The third kappa shape index (κ3) is 4.35. The van der Waals surface area contributed by atoms with Crippen molar-refractivity contribution in [3.05, 3.63) is 66.2 Å². The average molecular weight is 294 g/mol. The van der Waals surface area contributed by atoms with Crippen LogP contribution in [0.2, 0.25) is 0 Å². The van der Waals surface area contributed by atoms with Crippen molar-refractivity contribution >= 4 is 5.69 Å². The minimum atomic E-state index is 1.09. The van der Waals surface area contributed by atoms with Gasteiger partial charge in [0.05, 0.1) is 0 Å². The maximum absolute atomic E-state index is 2.60. The van der Waals surface area contributed by atoms with E-state index in [-0.39, 0.29) is 0 Å². The molecule has 3 rings (SSSR count). The van der Waals surface area contributed by atoms with Gasteiger partial charge in [0, 0.05) is 25.3 Å². The number of rotatable bonds is 7. The smallest absolute Gasteiger partial charge is 0.0366 e. The lowest BCUT2D eigenvalue weighted by Crippen LogP contribution is -2.35. The van der Waals surface area contributed by atoms with E-state index in [0.717, 1.165) is 19.5 Å². The molecule has 0 amide bonds. The van der Waals surface area contributed by atoms with Gasteiger partial charge in [0.1, 0.15) is 0 Å². The lowest BCUT2D eigenvalue weighted by atomic mass is 10.1. The first-order chi connectivity index (χ1) is 10.9. The monoisotopic (exact) mass is 294 g/mol. The second-order valence-corrected chi connectivity index (χ2v) is 6.11. The van der Waals surface area contributed by atoms with Crippen molar-refractivity contribution in [2.75, 3.05) is 37.6 Å². The van der Waals surface area contributed by atoms with Gasteiger partial charge in [-0.25, -0.2) is 0 Å². The second kappa shape index (κ2) is 8.00. The molecular formula is C20H26N2. The first kappa shape index (κ1) is 15.1. The predicted octanol–water partition coefficient (Wildman–Crippen LogP) is 3.83. The van der Waals surface area contributed by atoms with Crippen LogP contribution < -0.4 is 4.90 Å². The molecule has 0 aromatic heterocycles. The molecule has 2 nitrogen and oxygen atoms in total. The predicted molar refractivity (Wildman–Crippen MR) is 94.5 cm³/mol. The number of hydrogen-bond acceptors (Lipinski definition) is 2. The Labute approximate surface area is 134 Å². The van der Waals surface area contributed by atoms with Gasteiger partial charge in [-0.15, -0.1) is 0 Å². The molecule has 1 aliphatic heterocycles. The van der Waals surface area contributed by atoms with Crippen molar-refractivity contribution in [1.29, 1.82) is 0 Å².